The summed E-state index contributed by atoms with van der Waals surface area (Å²) in [5, 5.41) is 3.23. The Labute approximate surface area is 97.4 Å². The van der Waals surface area contributed by atoms with Crippen molar-refractivity contribution in [1.82, 2.24) is 10.2 Å². The molecule has 0 radical (unpaired) electrons. The molecule has 1 aliphatic heterocycles. The Morgan fingerprint density at radius 2 is 2.12 bits per heavy atom. The number of morpholine rings is 1. The molecule has 0 amide bonds. The molecule has 1 fully saturated rings. The van der Waals surface area contributed by atoms with Crippen LogP contribution < -0.4 is 5.32 Å². The zero-order chi connectivity index (χ0) is 11.4. The number of likely N-dealkylation sites (N-methyl/N-ethyl adjacent to an activating group) is 1. The number of hydrogen-bond acceptors (Lipinski definition) is 3. The zero-order valence-electron chi connectivity index (χ0n) is 10.1. The fourth-order valence-electron chi connectivity index (χ4n) is 2.08. The molecule has 88 valence electrons. The van der Waals surface area contributed by atoms with Gasteiger partial charge < -0.3 is 4.74 Å². The predicted octanol–water partition coefficient (Wildman–Crippen LogP) is 1.45. The van der Waals surface area contributed by atoms with E-state index in [2.05, 4.69) is 47.5 Å². The summed E-state index contributed by atoms with van der Waals surface area (Å²) < 4.78 is 5.73. The van der Waals surface area contributed by atoms with Gasteiger partial charge in [-0.1, -0.05) is 30.3 Å². The normalized spacial score (nSPS) is 26.9. The van der Waals surface area contributed by atoms with Gasteiger partial charge in [0.05, 0.1) is 6.61 Å². The second-order valence-corrected chi connectivity index (χ2v) is 4.53. The van der Waals surface area contributed by atoms with Crippen LogP contribution in [0.4, 0.5) is 0 Å². The SMILES string of the molecule is CNC1(C)CN(Cc2ccccc2)CCO1. The number of nitrogens with zero attached hydrogens (tertiary/aromatic N) is 1. The van der Waals surface area contributed by atoms with Gasteiger partial charge in [-0.25, -0.2) is 0 Å². The van der Waals surface area contributed by atoms with Gasteiger partial charge in [-0.3, -0.25) is 10.2 Å². The summed E-state index contributed by atoms with van der Waals surface area (Å²) in [4.78, 5) is 2.43. The first-order valence-electron chi connectivity index (χ1n) is 5.81. The van der Waals surface area contributed by atoms with Gasteiger partial charge in [0.15, 0.2) is 0 Å². The van der Waals surface area contributed by atoms with Crippen LogP contribution in [-0.4, -0.2) is 37.4 Å². The molecule has 1 aromatic rings. The molecule has 0 bridgehead atoms. The van der Waals surface area contributed by atoms with Crippen LogP contribution in [0.15, 0.2) is 30.3 Å². The Hall–Kier alpha value is -0.900. The van der Waals surface area contributed by atoms with Crippen molar-refractivity contribution in [2.75, 3.05) is 26.7 Å². The van der Waals surface area contributed by atoms with E-state index < -0.39 is 0 Å². The average molecular weight is 220 g/mol. The molecule has 1 N–H and O–H groups in total. The molecule has 0 spiro atoms. The van der Waals surface area contributed by atoms with Crippen molar-refractivity contribution < 1.29 is 4.74 Å². The van der Waals surface area contributed by atoms with Crippen LogP contribution in [0.1, 0.15) is 12.5 Å². The summed E-state index contributed by atoms with van der Waals surface area (Å²) in [7, 11) is 1.95. The van der Waals surface area contributed by atoms with Crippen molar-refractivity contribution >= 4 is 0 Å². The third kappa shape index (κ3) is 2.82. The second kappa shape index (κ2) is 4.95. The Morgan fingerprint density at radius 1 is 1.38 bits per heavy atom. The van der Waals surface area contributed by atoms with E-state index in [0.29, 0.717) is 0 Å². The Balaban J connectivity index is 1.96. The number of ether oxygens (including phenoxy) is 1. The second-order valence-electron chi connectivity index (χ2n) is 4.53. The highest BCUT2D eigenvalue weighted by Gasteiger charge is 2.29. The molecule has 16 heavy (non-hydrogen) atoms. The van der Waals surface area contributed by atoms with Crippen LogP contribution in [0, 0.1) is 0 Å². The van der Waals surface area contributed by atoms with E-state index in [1.165, 1.54) is 5.56 Å². The fraction of sp³-hybridized carbons (Fsp3) is 0.538. The lowest BCUT2D eigenvalue weighted by Crippen LogP contribution is -2.56. The predicted molar refractivity (Wildman–Crippen MR) is 65.1 cm³/mol. The lowest BCUT2D eigenvalue weighted by atomic mass is 10.1. The Kier molecular flexibility index (Phi) is 3.59. The molecule has 2 rings (SSSR count). The standard InChI is InChI=1S/C13H20N2O/c1-13(14-2)11-15(8-9-16-13)10-12-6-4-3-5-7-12/h3-7,14H,8-11H2,1-2H3. The maximum atomic E-state index is 5.73. The summed E-state index contributed by atoms with van der Waals surface area (Å²) >= 11 is 0. The molecule has 1 unspecified atom stereocenters. The molecule has 1 aliphatic rings. The van der Waals surface area contributed by atoms with Crippen LogP contribution in [0.2, 0.25) is 0 Å². The van der Waals surface area contributed by atoms with Crippen molar-refractivity contribution in [3.05, 3.63) is 35.9 Å². The minimum atomic E-state index is -0.201. The maximum absolute atomic E-state index is 5.73. The Morgan fingerprint density at radius 3 is 2.81 bits per heavy atom. The number of rotatable bonds is 3. The van der Waals surface area contributed by atoms with Gasteiger partial charge in [-0.2, -0.15) is 0 Å². The molecule has 1 aromatic carbocycles. The lowest BCUT2D eigenvalue weighted by molar-refractivity contribution is -0.115. The molecule has 1 heterocycles. The van der Waals surface area contributed by atoms with E-state index >= 15 is 0 Å². The molecule has 1 atom stereocenters. The van der Waals surface area contributed by atoms with E-state index in [4.69, 9.17) is 4.74 Å². The molecule has 1 saturated heterocycles. The first kappa shape index (κ1) is 11.6. The third-order valence-corrected chi connectivity index (χ3v) is 3.13. The monoisotopic (exact) mass is 220 g/mol. The highest BCUT2D eigenvalue weighted by atomic mass is 16.5. The quantitative estimate of drug-likeness (QED) is 0.834. The van der Waals surface area contributed by atoms with Gasteiger partial charge in [-0.15, -0.1) is 0 Å². The van der Waals surface area contributed by atoms with Gasteiger partial charge in [0.1, 0.15) is 5.72 Å². The van der Waals surface area contributed by atoms with Crippen LogP contribution in [0.3, 0.4) is 0 Å². The molecule has 0 aliphatic carbocycles. The van der Waals surface area contributed by atoms with Crippen LogP contribution >= 0.6 is 0 Å². The van der Waals surface area contributed by atoms with E-state index in [0.717, 1.165) is 26.2 Å². The molecule has 0 aromatic heterocycles. The number of hydrogen-bond donors (Lipinski definition) is 1. The molecule has 3 nitrogen and oxygen atoms in total. The van der Waals surface area contributed by atoms with Gasteiger partial charge in [0.2, 0.25) is 0 Å². The highest BCUT2D eigenvalue weighted by Crippen LogP contribution is 2.16. The number of nitrogens with one attached hydrogen (secondary N) is 1. The van der Waals surface area contributed by atoms with Gasteiger partial charge >= 0.3 is 0 Å². The van der Waals surface area contributed by atoms with Gasteiger partial charge in [0, 0.05) is 19.6 Å². The first-order valence-corrected chi connectivity index (χ1v) is 5.81. The van der Waals surface area contributed by atoms with Crippen LogP contribution in [0.5, 0.6) is 0 Å². The fourth-order valence-corrected chi connectivity index (χ4v) is 2.08. The van der Waals surface area contributed by atoms with E-state index in [1.54, 1.807) is 0 Å². The lowest BCUT2D eigenvalue weighted by Gasteiger charge is -2.40. The van der Waals surface area contributed by atoms with E-state index in [1.807, 2.05) is 7.05 Å². The van der Waals surface area contributed by atoms with Crippen molar-refractivity contribution in [3.63, 3.8) is 0 Å². The summed E-state index contributed by atoms with van der Waals surface area (Å²) in [6.07, 6.45) is 0. The third-order valence-electron chi connectivity index (χ3n) is 3.13. The summed E-state index contributed by atoms with van der Waals surface area (Å²) in [6.45, 7) is 5.83. The smallest absolute Gasteiger partial charge is 0.129 e. The minimum absolute atomic E-state index is 0.201. The zero-order valence-corrected chi connectivity index (χ0v) is 10.1. The largest absolute Gasteiger partial charge is 0.358 e. The van der Waals surface area contributed by atoms with Crippen LogP contribution in [0.25, 0.3) is 0 Å². The van der Waals surface area contributed by atoms with Gasteiger partial charge in [-0.05, 0) is 19.5 Å². The van der Waals surface area contributed by atoms with Gasteiger partial charge in [0.25, 0.3) is 0 Å². The molecular weight excluding hydrogens is 200 g/mol. The molecule has 0 saturated carbocycles. The summed E-state index contributed by atoms with van der Waals surface area (Å²) in [6, 6.07) is 10.6. The van der Waals surface area contributed by atoms with Crippen molar-refractivity contribution in [1.29, 1.82) is 0 Å². The highest BCUT2D eigenvalue weighted by molar-refractivity contribution is 5.14. The van der Waals surface area contributed by atoms with E-state index in [9.17, 15) is 0 Å². The Bertz CT molecular complexity index is 328. The van der Waals surface area contributed by atoms with Crippen LogP contribution in [-0.2, 0) is 11.3 Å². The first-order chi connectivity index (χ1) is 7.72. The molecule has 3 heteroatoms. The topological polar surface area (TPSA) is 24.5 Å². The van der Waals surface area contributed by atoms with E-state index in [-0.39, 0.29) is 5.72 Å². The van der Waals surface area contributed by atoms with Crippen molar-refractivity contribution in [2.24, 2.45) is 0 Å². The summed E-state index contributed by atoms with van der Waals surface area (Å²) in [5.74, 6) is 0. The number of benzene rings is 1. The van der Waals surface area contributed by atoms with Crippen molar-refractivity contribution in [2.45, 2.75) is 19.2 Å². The summed E-state index contributed by atoms with van der Waals surface area (Å²) in [5.41, 5.74) is 1.16. The van der Waals surface area contributed by atoms with Crippen molar-refractivity contribution in [3.8, 4) is 0 Å². The minimum Gasteiger partial charge on any atom is -0.358 e. The molecular formula is C13H20N2O. The average Bonchev–Trinajstić information content (AvgIpc) is 2.30. The maximum Gasteiger partial charge on any atom is 0.129 e.